The molecule has 0 saturated heterocycles. The fourth-order valence-electron chi connectivity index (χ4n) is 3.05. The number of aliphatic imine (C=N–C) groups is 1. The maximum absolute atomic E-state index is 6.10. The molecule has 0 fully saturated rings. The molecule has 128 valence electrons. The van der Waals surface area contributed by atoms with E-state index < -0.39 is 0 Å². The number of rotatable bonds is 4. The number of nitrogens with one attached hydrogen (secondary N) is 2. The van der Waals surface area contributed by atoms with E-state index >= 15 is 0 Å². The van der Waals surface area contributed by atoms with Crippen LogP contribution in [0.3, 0.4) is 0 Å². The Morgan fingerprint density at radius 3 is 2.88 bits per heavy atom. The molecule has 2 N–H and O–H groups in total. The minimum atomic E-state index is -0.193. The summed E-state index contributed by atoms with van der Waals surface area (Å²) in [5.74, 6) is 1.80. The monoisotopic (exact) mass is 343 g/mol. The second-order valence-electron chi connectivity index (χ2n) is 6.63. The lowest BCUT2D eigenvalue weighted by Crippen LogP contribution is -2.45. The average Bonchev–Trinajstić information content (AvgIpc) is 3.06. The van der Waals surface area contributed by atoms with Gasteiger partial charge in [-0.05, 0) is 37.8 Å². The van der Waals surface area contributed by atoms with Gasteiger partial charge in [0.15, 0.2) is 5.96 Å². The molecule has 1 aliphatic heterocycles. The zero-order chi connectivity index (χ0) is 17.0. The molecule has 0 bridgehead atoms. The topological polar surface area (TPSA) is 45.7 Å². The third-order valence-electron chi connectivity index (χ3n) is 4.15. The summed E-state index contributed by atoms with van der Waals surface area (Å²) < 4.78 is 6.10. The summed E-state index contributed by atoms with van der Waals surface area (Å²) in [5.41, 5.74) is 1.00. The second-order valence-corrected chi connectivity index (χ2v) is 7.66. The number of fused-ring (bicyclic) bond motifs is 1. The summed E-state index contributed by atoms with van der Waals surface area (Å²) in [6.45, 7) is 5.13. The van der Waals surface area contributed by atoms with Crippen molar-refractivity contribution < 1.29 is 4.74 Å². The molecule has 1 aromatic heterocycles. The molecular weight excluding hydrogens is 318 g/mol. The van der Waals surface area contributed by atoms with Gasteiger partial charge in [0.05, 0.1) is 6.04 Å². The fourth-order valence-corrected chi connectivity index (χ4v) is 3.76. The summed E-state index contributed by atoms with van der Waals surface area (Å²) in [5, 5.41) is 9.09. The first-order valence-electron chi connectivity index (χ1n) is 8.35. The van der Waals surface area contributed by atoms with Gasteiger partial charge < -0.3 is 15.4 Å². The predicted molar refractivity (Wildman–Crippen MR) is 101 cm³/mol. The van der Waals surface area contributed by atoms with Crippen LogP contribution in [0.2, 0.25) is 0 Å². The number of hydrogen-bond donors (Lipinski definition) is 2. The van der Waals surface area contributed by atoms with E-state index in [0.717, 1.165) is 31.1 Å². The molecule has 4 nitrogen and oxygen atoms in total. The van der Waals surface area contributed by atoms with Crippen LogP contribution in [0.25, 0.3) is 0 Å². The molecule has 3 rings (SSSR count). The number of nitrogens with zero attached hydrogens (tertiary/aromatic N) is 1. The predicted octanol–water partition coefficient (Wildman–Crippen LogP) is 3.76. The smallest absolute Gasteiger partial charge is 0.191 e. The first-order valence-corrected chi connectivity index (χ1v) is 9.23. The van der Waals surface area contributed by atoms with Gasteiger partial charge in [-0.3, -0.25) is 4.99 Å². The van der Waals surface area contributed by atoms with E-state index in [1.807, 2.05) is 19.2 Å². The number of ether oxygens (including phenoxy) is 1. The van der Waals surface area contributed by atoms with Gasteiger partial charge in [-0.2, -0.15) is 0 Å². The van der Waals surface area contributed by atoms with E-state index in [0.29, 0.717) is 0 Å². The SMILES string of the molecule is CN=C(NCCc1cccs1)NC1CC(C)(C)Oc2ccccc21. The van der Waals surface area contributed by atoms with Gasteiger partial charge in [0, 0.05) is 30.5 Å². The highest BCUT2D eigenvalue weighted by atomic mass is 32.1. The van der Waals surface area contributed by atoms with Gasteiger partial charge in [0.1, 0.15) is 11.4 Å². The highest BCUT2D eigenvalue weighted by Crippen LogP contribution is 2.39. The maximum atomic E-state index is 6.10. The van der Waals surface area contributed by atoms with Crippen LogP contribution in [0.15, 0.2) is 46.8 Å². The molecule has 2 aromatic rings. The lowest BCUT2D eigenvalue weighted by molar-refractivity contribution is 0.0694. The fraction of sp³-hybridized carbons (Fsp3) is 0.421. The van der Waals surface area contributed by atoms with Crippen LogP contribution in [0.4, 0.5) is 0 Å². The van der Waals surface area contributed by atoms with Crippen molar-refractivity contribution in [2.75, 3.05) is 13.6 Å². The van der Waals surface area contributed by atoms with E-state index in [1.165, 1.54) is 10.4 Å². The van der Waals surface area contributed by atoms with Crippen LogP contribution < -0.4 is 15.4 Å². The molecule has 0 radical (unpaired) electrons. The van der Waals surface area contributed by atoms with Gasteiger partial charge in [-0.25, -0.2) is 0 Å². The first kappa shape index (κ1) is 16.8. The average molecular weight is 343 g/mol. The van der Waals surface area contributed by atoms with E-state index in [4.69, 9.17) is 4.74 Å². The molecule has 1 aliphatic rings. The largest absolute Gasteiger partial charge is 0.487 e. The van der Waals surface area contributed by atoms with Crippen molar-refractivity contribution in [1.29, 1.82) is 0 Å². The van der Waals surface area contributed by atoms with Crippen LogP contribution in [0.5, 0.6) is 5.75 Å². The van der Waals surface area contributed by atoms with Crippen LogP contribution in [0.1, 0.15) is 36.8 Å². The first-order chi connectivity index (χ1) is 11.6. The molecule has 24 heavy (non-hydrogen) atoms. The molecule has 1 aromatic carbocycles. The molecule has 0 saturated carbocycles. The minimum Gasteiger partial charge on any atom is -0.487 e. The Balaban J connectivity index is 1.64. The highest BCUT2D eigenvalue weighted by molar-refractivity contribution is 7.09. The summed E-state index contributed by atoms with van der Waals surface area (Å²) in [6.07, 6.45) is 1.91. The van der Waals surface area contributed by atoms with Crippen molar-refractivity contribution in [3.63, 3.8) is 0 Å². The van der Waals surface area contributed by atoms with E-state index in [-0.39, 0.29) is 11.6 Å². The van der Waals surface area contributed by atoms with Crippen LogP contribution in [-0.4, -0.2) is 25.2 Å². The third-order valence-corrected chi connectivity index (χ3v) is 5.09. The van der Waals surface area contributed by atoms with E-state index in [9.17, 15) is 0 Å². The molecule has 5 heteroatoms. The number of benzene rings is 1. The van der Waals surface area contributed by atoms with Crippen molar-refractivity contribution in [3.8, 4) is 5.75 Å². The summed E-state index contributed by atoms with van der Waals surface area (Å²) in [6, 6.07) is 12.7. The van der Waals surface area contributed by atoms with Crippen LogP contribution in [-0.2, 0) is 6.42 Å². The van der Waals surface area contributed by atoms with Crippen LogP contribution in [0, 0.1) is 0 Å². The molecular formula is C19H25N3OS. The van der Waals surface area contributed by atoms with Crippen molar-refractivity contribution in [3.05, 3.63) is 52.2 Å². The molecule has 0 amide bonds. The Morgan fingerprint density at radius 1 is 1.29 bits per heavy atom. The number of guanidine groups is 1. The zero-order valence-electron chi connectivity index (χ0n) is 14.5. The highest BCUT2D eigenvalue weighted by Gasteiger charge is 2.33. The number of thiophene rings is 1. The van der Waals surface area contributed by atoms with Crippen molar-refractivity contribution in [2.24, 2.45) is 4.99 Å². The second kappa shape index (κ2) is 7.26. The summed E-state index contributed by atoms with van der Waals surface area (Å²) >= 11 is 1.79. The lowest BCUT2D eigenvalue weighted by Gasteiger charge is -2.38. The Kier molecular flexibility index (Phi) is 5.09. The third kappa shape index (κ3) is 4.09. The minimum absolute atomic E-state index is 0.192. The molecule has 0 spiro atoms. The molecule has 1 atom stereocenters. The molecule has 1 unspecified atom stereocenters. The van der Waals surface area contributed by atoms with E-state index in [1.54, 1.807) is 11.3 Å². The van der Waals surface area contributed by atoms with Crippen molar-refractivity contribution >= 4 is 17.3 Å². The quantitative estimate of drug-likeness (QED) is 0.656. The Morgan fingerprint density at radius 2 is 2.12 bits per heavy atom. The Hall–Kier alpha value is -2.01. The Labute approximate surface area is 148 Å². The van der Waals surface area contributed by atoms with E-state index in [2.05, 4.69) is 59.1 Å². The number of para-hydroxylation sites is 1. The molecule has 2 heterocycles. The standard InChI is InChI=1S/C19H25N3OS/c1-19(2)13-16(15-8-4-5-9-17(15)23-19)22-18(20-3)21-11-10-14-7-6-12-24-14/h4-9,12,16H,10-11,13H2,1-3H3,(H2,20,21,22). The van der Waals surface area contributed by atoms with Gasteiger partial charge in [0.25, 0.3) is 0 Å². The summed E-state index contributed by atoms with van der Waals surface area (Å²) in [7, 11) is 1.82. The summed E-state index contributed by atoms with van der Waals surface area (Å²) in [4.78, 5) is 5.76. The normalized spacial score (nSPS) is 19.3. The maximum Gasteiger partial charge on any atom is 0.191 e. The molecule has 0 aliphatic carbocycles. The van der Waals surface area contributed by atoms with Crippen molar-refractivity contribution in [2.45, 2.75) is 38.3 Å². The van der Waals surface area contributed by atoms with Gasteiger partial charge in [-0.1, -0.05) is 24.3 Å². The van der Waals surface area contributed by atoms with Gasteiger partial charge in [-0.15, -0.1) is 11.3 Å². The van der Waals surface area contributed by atoms with Gasteiger partial charge >= 0.3 is 0 Å². The van der Waals surface area contributed by atoms with Crippen molar-refractivity contribution in [1.82, 2.24) is 10.6 Å². The number of hydrogen-bond acceptors (Lipinski definition) is 3. The van der Waals surface area contributed by atoms with Gasteiger partial charge in [0.2, 0.25) is 0 Å². The zero-order valence-corrected chi connectivity index (χ0v) is 15.3. The lowest BCUT2D eigenvalue weighted by atomic mass is 9.90. The Bertz CT molecular complexity index is 694. The van der Waals surface area contributed by atoms with Crippen LogP contribution >= 0.6 is 11.3 Å².